The van der Waals surface area contributed by atoms with Crippen LogP contribution in [-0.4, -0.2) is 30.4 Å². The Hall–Kier alpha value is -1.06. The van der Waals surface area contributed by atoms with E-state index in [-0.39, 0.29) is 12.2 Å². The van der Waals surface area contributed by atoms with Crippen LogP contribution in [0.5, 0.6) is 5.75 Å². The number of fused-ring (bicyclic) bond motifs is 1. The van der Waals surface area contributed by atoms with E-state index in [1.165, 1.54) is 11.1 Å². The monoisotopic (exact) mass is 249 g/mol. The molecular weight excluding hydrogens is 226 g/mol. The van der Waals surface area contributed by atoms with E-state index in [4.69, 9.17) is 9.84 Å². The van der Waals surface area contributed by atoms with Crippen molar-refractivity contribution < 1.29 is 9.84 Å². The first-order valence-corrected chi connectivity index (χ1v) is 6.80. The predicted octanol–water partition coefficient (Wildman–Crippen LogP) is 2.05. The number of aliphatic hydroxyl groups is 1. The van der Waals surface area contributed by atoms with Gasteiger partial charge in [-0.1, -0.05) is 17.7 Å². The molecule has 0 saturated carbocycles. The first-order chi connectivity index (χ1) is 8.65. The average Bonchev–Trinajstić information content (AvgIpc) is 2.70. The standard InChI is InChI=1S/C15H23NO2/c1-11-5-6-15-13(8-11)9-14(18-15)10-16-7-3-4-12(2)17/h5-6,8,12,14,16-17H,3-4,7,9-10H2,1-2H3. The van der Waals surface area contributed by atoms with Crippen molar-refractivity contribution in [2.75, 3.05) is 13.1 Å². The van der Waals surface area contributed by atoms with Gasteiger partial charge in [-0.15, -0.1) is 0 Å². The number of nitrogens with one attached hydrogen (secondary N) is 1. The molecule has 100 valence electrons. The molecule has 0 aromatic heterocycles. The highest BCUT2D eigenvalue weighted by Crippen LogP contribution is 2.29. The number of hydrogen-bond donors (Lipinski definition) is 2. The van der Waals surface area contributed by atoms with Gasteiger partial charge in [0.2, 0.25) is 0 Å². The molecule has 1 aromatic carbocycles. The van der Waals surface area contributed by atoms with Crippen molar-refractivity contribution in [2.45, 2.75) is 45.3 Å². The minimum absolute atomic E-state index is 0.193. The molecule has 1 aliphatic rings. The SMILES string of the molecule is Cc1ccc2c(c1)CC(CNCCCC(C)O)O2. The van der Waals surface area contributed by atoms with E-state index in [9.17, 15) is 0 Å². The van der Waals surface area contributed by atoms with Crippen LogP contribution in [-0.2, 0) is 6.42 Å². The maximum Gasteiger partial charge on any atom is 0.123 e. The summed E-state index contributed by atoms with van der Waals surface area (Å²) in [7, 11) is 0. The fraction of sp³-hybridized carbons (Fsp3) is 0.600. The Morgan fingerprint density at radius 1 is 1.50 bits per heavy atom. The van der Waals surface area contributed by atoms with Gasteiger partial charge in [-0.25, -0.2) is 0 Å². The zero-order valence-corrected chi connectivity index (χ0v) is 11.3. The van der Waals surface area contributed by atoms with Gasteiger partial charge in [-0.3, -0.25) is 0 Å². The Morgan fingerprint density at radius 3 is 3.11 bits per heavy atom. The summed E-state index contributed by atoms with van der Waals surface area (Å²) in [5.74, 6) is 1.04. The van der Waals surface area contributed by atoms with Crippen LogP contribution in [0.25, 0.3) is 0 Å². The molecule has 1 aromatic rings. The van der Waals surface area contributed by atoms with E-state index in [0.29, 0.717) is 0 Å². The smallest absolute Gasteiger partial charge is 0.123 e. The highest BCUT2D eigenvalue weighted by Gasteiger charge is 2.21. The lowest BCUT2D eigenvalue weighted by atomic mass is 10.1. The topological polar surface area (TPSA) is 41.5 Å². The molecule has 0 bridgehead atoms. The second kappa shape index (κ2) is 6.21. The van der Waals surface area contributed by atoms with E-state index in [0.717, 1.165) is 38.1 Å². The van der Waals surface area contributed by atoms with E-state index >= 15 is 0 Å². The van der Waals surface area contributed by atoms with Crippen molar-refractivity contribution in [3.05, 3.63) is 29.3 Å². The minimum atomic E-state index is -0.193. The molecule has 18 heavy (non-hydrogen) atoms. The maximum absolute atomic E-state index is 9.16. The summed E-state index contributed by atoms with van der Waals surface area (Å²) in [4.78, 5) is 0. The quantitative estimate of drug-likeness (QED) is 0.758. The van der Waals surface area contributed by atoms with Crippen LogP contribution < -0.4 is 10.1 Å². The van der Waals surface area contributed by atoms with Crippen molar-refractivity contribution in [3.63, 3.8) is 0 Å². The van der Waals surface area contributed by atoms with Crippen molar-refractivity contribution >= 4 is 0 Å². The zero-order valence-electron chi connectivity index (χ0n) is 11.3. The van der Waals surface area contributed by atoms with Crippen LogP contribution in [0, 0.1) is 6.92 Å². The molecule has 0 saturated heterocycles. The second-order valence-electron chi connectivity index (χ2n) is 5.25. The summed E-state index contributed by atoms with van der Waals surface area (Å²) in [6.07, 6.45) is 2.93. The van der Waals surface area contributed by atoms with Gasteiger partial charge in [0.1, 0.15) is 11.9 Å². The van der Waals surface area contributed by atoms with Crippen LogP contribution in [0.15, 0.2) is 18.2 Å². The second-order valence-corrected chi connectivity index (χ2v) is 5.25. The van der Waals surface area contributed by atoms with Crippen LogP contribution in [0.2, 0.25) is 0 Å². The molecule has 2 unspecified atom stereocenters. The van der Waals surface area contributed by atoms with Crippen molar-refractivity contribution in [1.29, 1.82) is 0 Å². The minimum Gasteiger partial charge on any atom is -0.488 e. The molecule has 0 spiro atoms. The van der Waals surface area contributed by atoms with E-state index in [1.807, 2.05) is 6.92 Å². The highest BCUT2D eigenvalue weighted by atomic mass is 16.5. The molecule has 1 heterocycles. The molecule has 3 nitrogen and oxygen atoms in total. The Kier molecular flexibility index (Phi) is 4.61. The zero-order chi connectivity index (χ0) is 13.0. The van der Waals surface area contributed by atoms with Gasteiger partial charge in [0.25, 0.3) is 0 Å². The summed E-state index contributed by atoms with van der Waals surface area (Å²) >= 11 is 0. The lowest BCUT2D eigenvalue weighted by Crippen LogP contribution is -2.30. The van der Waals surface area contributed by atoms with Gasteiger partial charge in [-0.2, -0.15) is 0 Å². The average molecular weight is 249 g/mol. The molecule has 2 atom stereocenters. The van der Waals surface area contributed by atoms with Crippen LogP contribution in [0.4, 0.5) is 0 Å². The van der Waals surface area contributed by atoms with E-state index < -0.39 is 0 Å². The predicted molar refractivity (Wildman–Crippen MR) is 73.1 cm³/mol. The van der Waals surface area contributed by atoms with Crippen molar-refractivity contribution in [2.24, 2.45) is 0 Å². The van der Waals surface area contributed by atoms with Gasteiger partial charge in [0.05, 0.1) is 6.10 Å². The van der Waals surface area contributed by atoms with Gasteiger partial charge in [-0.05, 0) is 44.9 Å². The Balaban J connectivity index is 1.68. The summed E-state index contributed by atoms with van der Waals surface area (Å²) < 4.78 is 5.88. The number of rotatable bonds is 6. The summed E-state index contributed by atoms with van der Waals surface area (Å²) in [6, 6.07) is 6.37. The summed E-state index contributed by atoms with van der Waals surface area (Å²) in [5, 5.41) is 12.6. The summed E-state index contributed by atoms with van der Waals surface area (Å²) in [5.41, 5.74) is 2.62. The first kappa shape index (κ1) is 13.4. The lowest BCUT2D eigenvalue weighted by molar-refractivity contribution is 0.180. The lowest BCUT2D eigenvalue weighted by Gasteiger charge is -2.12. The van der Waals surface area contributed by atoms with Gasteiger partial charge < -0.3 is 15.2 Å². The Bertz CT molecular complexity index is 390. The fourth-order valence-corrected chi connectivity index (χ4v) is 2.35. The Morgan fingerprint density at radius 2 is 2.33 bits per heavy atom. The van der Waals surface area contributed by atoms with Gasteiger partial charge in [0.15, 0.2) is 0 Å². The molecule has 0 radical (unpaired) electrons. The molecule has 0 amide bonds. The fourth-order valence-electron chi connectivity index (χ4n) is 2.35. The number of benzene rings is 1. The molecule has 1 aliphatic heterocycles. The van der Waals surface area contributed by atoms with E-state index in [2.05, 4.69) is 30.4 Å². The number of aliphatic hydroxyl groups excluding tert-OH is 1. The van der Waals surface area contributed by atoms with Crippen LogP contribution >= 0.6 is 0 Å². The van der Waals surface area contributed by atoms with E-state index in [1.54, 1.807) is 0 Å². The summed E-state index contributed by atoms with van der Waals surface area (Å²) in [6.45, 7) is 5.77. The number of aryl methyl sites for hydroxylation is 1. The van der Waals surface area contributed by atoms with Crippen LogP contribution in [0.3, 0.4) is 0 Å². The molecule has 2 N–H and O–H groups in total. The number of hydrogen-bond acceptors (Lipinski definition) is 3. The first-order valence-electron chi connectivity index (χ1n) is 6.80. The molecule has 0 aliphatic carbocycles. The third-order valence-corrected chi connectivity index (χ3v) is 3.30. The molecule has 0 fully saturated rings. The van der Waals surface area contributed by atoms with Gasteiger partial charge >= 0.3 is 0 Å². The van der Waals surface area contributed by atoms with Crippen molar-refractivity contribution in [1.82, 2.24) is 5.32 Å². The largest absolute Gasteiger partial charge is 0.488 e. The van der Waals surface area contributed by atoms with Crippen molar-refractivity contribution in [3.8, 4) is 5.75 Å². The normalized spacial score (nSPS) is 19.4. The maximum atomic E-state index is 9.16. The van der Waals surface area contributed by atoms with Crippen LogP contribution in [0.1, 0.15) is 30.9 Å². The number of ether oxygens (including phenoxy) is 1. The van der Waals surface area contributed by atoms with Gasteiger partial charge in [0, 0.05) is 13.0 Å². The molecule has 3 heteroatoms. The third kappa shape index (κ3) is 3.72. The third-order valence-electron chi connectivity index (χ3n) is 3.30. The Labute approximate surface area is 109 Å². The molecule has 2 rings (SSSR count). The highest BCUT2D eigenvalue weighted by molar-refractivity contribution is 5.40. The molecular formula is C15H23NO2.